The fraction of sp³-hybridized carbons (Fsp3) is 0.312. The van der Waals surface area contributed by atoms with Gasteiger partial charge in [0.05, 0.1) is 12.3 Å². The summed E-state index contributed by atoms with van der Waals surface area (Å²) in [6.45, 7) is 0.680. The third kappa shape index (κ3) is 2.69. The zero-order valence-corrected chi connectivity index (χ0v) is 11.4. The van der Waals surface area contributed by atoms with E-state index in [1.165, 1.54) is 12.1 Å². The number of aliphatic carboxylic acids is 1. The van der Waals surface area contributed by atoms with Crippen molar-refractivity contribution in [2.45, 2.75) is 24.9 Å². The summed E-state index contributed by atoms with van der Waals surface area (Å²) < 4.78 is 18.6. The molecule has 0 bridgehead atoms. The van der Waals surface area contributed by atoms with Gasteiger partial charge in [0.15, 0.2) is 0 Å². The van der Waals surface area contributed by atoms with Gasteiger partial charge in [-0.15, -0.1) is 0 Å². The molecule has 5 heteroatoms. The molecule has 3 rings (SSSR count). The number of carboxylic acids is 1. The van der Waals surface area contributed by atoms with Gasteiger partial charge >= 0.3 is 5.97 Å². The lowest BCUT2D eigenvalue weighted by Crippen LogP contribution is -2.39. The van der Waals surface area contributed by atoms with Crippen LogP contribution in [0.25, 0.3) is 0 Å². The zero-order chi connectivity index (χ0) is 14.8. The number of hydrogen-bond acceptors (Lipinski definition) is 3. The highest BCUT2D eigenvalue weighted by Crippen LogP contribution is 2.35. The molecular formula is C16H16FNO3. The fourth-order valence-electron chi connectivity index (χ4n) is 2.97. The SMILES string of the molecule is O=C(O)C1CCCN1C(c1ccc(F)cc1)c1ccco1. The van der Waals surface area contributed by atoms with Gasteiger partial charge in [-0.25, -0.2) is 4.39 Å². The molecule has 2 heterocycles. The molecule has 2 unspecified atom stereocenters. The molecule has 1 aliphatic heterocycles. The smallest absolute Gasteiger partial charge is 0.320 e. The van der Waals surface area contributed by atoms with E-state index in [0.29, 0.717) is 18.7 Å². The summed E-state index contributed by atoms with van der Waals surface area (Å²) >= 11 is 0. The van der Waals surface area contributed by atoms with Gasteiger partial charge in [0.2, 0.25) is 0 Å². The van der Waals surface area contributed by atoms with Gasteiger partial charge in [-0.1, -0.05) is 12.1 Å². The second-order valence-electron chi connectivity index (χ2n) is 5.20. The van der Waals surface area contributed by atoms with Gasteiger partial charge in [0.25, 0.3) is 0 Å². The van der Waals surface area contributed by atoms with E-state index in [9.17, 15) is 14.3 Å². The van der Waals surface area contributed by atoms with E-state index >= 15 is 0 Å². The highest BCUT2D eigenvalue weighted by Gasteiger charge is 2.37. The Hall–Kier alpha value is -2.14. The number of benzene rings is 1. The summed E-state index contributed by atoms with van der Waals surface area (Å²) in [6.07, 6.45) is 3.01. The number of likely N-dealkylation sites (tertiary alicyclic amines) is 1. The second-order valence-corrected chi connectivity index (χ2v) is 5.20. The van der Waals surface area contributed by atoms with E-state index in [-0.39, 0.29) is 11.9 Å². The molecule has 0 aliphatic carbocycles. The lowest BCUT2D eigenvalue weighted by atomic mass is 10.0. The average Bonchev–Trinajstić information content (AvgIpc) is 3.13. The Morgan fingerprint density at radius 1 is 1.33 bits per heavy atom. The second kappa shape index (κ2) is 5.69. The van der Waals surface area contributed by atoms with Crippen LogP contribution in [0.5, 0.6) is 0 Å². The first-order chi connectivity index (χ1) is 10.2. The molecular weight excluding hydrogens is 273 g/mol. The summed E-state index contributed by atoms with van der Waals surface area (Å²) in [7, 11) is 0. The summed E-state index contributed by atoms with van der Waals surface area (Å²) in [6, 6.07) is 8.89. The molecule has 4 nitrogen and oxygen atoms in total. The summed E-state index contributed by atoms with van der Waals surface area (Å²) in [4.78, 5) is 13.4. The number of nitrogens with zero attached hydrogens (tertiary/aromatic N) is 1. The minimum Gasteiger partial charge on any atom is -0.480 e. The molecule has 1 aliphatic rings. The molecule has 1 aromatic heterocycles. The van der Waals surface area contributed by atoms with Gasteiger partial charge < -0.3 is 9.52 Å². The van der Waals surface area contributed by atoms with Crippen LogP contribution in [0.1, 0.15) is 30.2 Å². The van der Waals surface area contributed by atoms with Crippen LogP contribution in [-0.4, -0.2) is 28.6 Å². The zero-order valence-electron chi connectivity index (χ0n) is 11.4. The fourth-order valence-corrected chi connectivity index (χ4v) is 2.97. The molecule has 0 saturated carbocycles. The lowest BCUT2D eigenvalue weighted by molar-refractivity contribution is -0.142. The van der Waals surface area contributed by atoms with Crippen molar-refractivity contribution in [2.24, 2.45) is 0 Å². The maximum Gasteiger partial charge on any atom is 0.320 e. The first-order valence-corrected chi connectivity index (χ1v) is 6.94. The van der Waals surface area contributed by atoms with Crippen molar-refractivity contribution in [1.82, 2.24) is 4.90 Å². The van der Waals surface area contributed by atoms with Gasteiger partial charge in [0.1, 0.15) is 17.6 Å². The van der Waals surface area contributed by atoms with E-state index in [1.54, 1.807) is 24.5 Å². The molecule has 1 N–H and O–H groups in total. The van der Waals surface area contributed by atoms with Gasteiger partial charge in [-0.05, 0) is 42.7 Å². The molecule has 1 saturated heterocycles. The molecule has 1 fully saturated rings. The lowest BCUT2D eigenvalue weighted by Gasteiger charge is -2.30. The average molecular weight is 289 g/mol. The predicted octanol–water partition coefficient (Wildman–Crippen LogP) is 3.06. The van der Waals surface area contributed by atoms with Crippen molar-refractivity contribution in [1.29, 1.82) is 0 Å². The molecule has 21 heavy (non-hydrogen) atoms. The largest absolute Gasteiger partial charge is 0.480 e. The van der Waals surface area contributed by atoms with Crippen LogP contribution in [0, 0.1) is 5.82 Å². The number of carbonyl (C=O) groups is 1. The van der Waals surface area contributed by atoms with Crippen LogP contribution in [0.3, 0.4) is 0 Å². The van der Waals surface area contributed by atoms with Crippen LogP contribution in [-0.2, 0) is 4.79 Å². The minimum absolute atomic E-state index is 0.302. The summed E-state index contributed by atoms with van der Waals surface area (Å²) in [5.74, 6) is -0.464. The minimum atomic E-state index is -0.828. The first-order valence-electron chi connectivity index (χ1n) is 6.94. The molecule has 0 amide bonds. The third-order valence-corrected chi connectivity index (χ3v) is 3.91. The Morgan fingerprint density at radius 2 is 2.10 bits per heavy atom. The van der Waals surface area contributed by atoms with Crippen LogP contribution < -0.4 is 0 Å². The van der Waals surface area contributed by atoms with Crippen LogP contribution in [0.15, 0.2) is 47.1 Å². The topological polar surface area (TPSA) is 53.7 Å². The van der Waals surface area contributed by atoms with Crippen molar-refractivity contribution in [3.63, 3.8) is 0 Å². The third-order valence-electron chi connectivity index (χ3n) is 3.91. The highest BCUT2D eigenvalue weighted by atomic mass is 19.1. The first kappa shape index (κ1) is 13.8. The molecule has 110 valence electrons. The summed E-state index contributed by atoms with van der Waals surface area (Å²) in [5, 5.41) is 9.39. The number of hydrogen-bond donors (Lipinski definition) is 1. The van der Waals surface area contributed by atoms with Crippen molar-refractivity contribution < 1.29 is 18.7 Å². The number of rotatable bonds is 4. The Morgan fingerprint density at radius 3 is 2.71 bits per heavy atom. The summed E-state index contributed by atoms with van der Waals surface area (Å²) in [5.41, 5.74) is 0.833. The van der Waals surface area contributed by atoms with Crippen molar-refractivity contribution >= 4 is 5.97 Å². The maximum absolute atomic E-state index is 13.1. The Kier molecular flexibility index (Phi) is 3.75. The quantitative estimate of drug-likeness (QED) is 0.940. The number of furan rings is 1. The molecule has 0 radical (unpaired) electrons. The van der Waals surface area contributed by atoms with E-state index in [2.05, 4.69) is 0 Å². The molecule has 0 spiro atoms. The highest BCUT2D eigenvalue weighted by molar-refractivity contribution is 5.74. The number of halogens is 1. The Bertz CT molecular complexity index is 609. The van der Waals surface area contributed by atoms with E-state index in [4.69, 9.17) is 4.42 Å². The van der Waals surface area contributed by atoms with Crippen LogP contribution >= 0.6 is 0 Å². The van der Waals surface area contributed by atoms with Crippen molar-refractivity contribution in [3.05, 3.63) is 59.8 Å². The van der Waals surface area contributed by atoms with Crippen LogP contribution in [0.4, 0.5) is 4.39 Å². The predicted molar refractivity (Wildman–Crippen MR) is 74.3 cm³/mol. The standard InChI is InChI=1S/C16H16FNO3/c17-12-7-5-11(6-8-12)15(14-4-2-10-21-14)18-9-1-3-13(18)16(19)20/h2,4-8,10,13,15H,1,3,9H2,(H,19,20). The molecule has 2 aromatic rings. The van der Waals surface area contributed by atoms with Crippen molar-refractivity contribution in [2.75, 3.05) is 6.54 Å². The van der Waals surface area contributed by atoms with E-state index < -0.39 is 12.0 Å². The van der Waals surface area contributed by atoms with Crippen molar-refractivity contribution in [3.8, 4) is 0 Å². The Labute approximate surface area is 121 Å². The monoisotopic (exact) mass is 289 g/mol. The number of carboxylic acid groups (broad SMARTS) is 1. The van der Waals surface area contributed by atoms with Crippen LogP contribution in [0.2, 0.25) is 0 Å². The molecule has 2 atom stereocenters. The maximum atomic E-state index is 13.1. The van der Waals surface area contributed by atoms with E-state index in [1.807, 2.05) is 11.0 Å². The van der Waals surface area contributed by atoms with Gasteiger partial charge in [0, 0.05) is 6.54 Å². The van der Waals surface area contributed by atoms with Gasteiger partial charge in [-0.3, -0.25) is 9.69 Å². The molecule has 1 aromatic carbocycles. The Balaban J connectivity index is 2.00. The van der Waals surface area contributed by atoms with E-state index in [0.717, 1.165) is 12.0 Å². The van der Waals surface area contributed by atoms with Gasteiger partial charge in [-0.2, -0.15) is 0 Å². The normalized spacial score (nSPS) is 20.5.